The summed E-state index contributed by atoms with van der Waals surface area (Å²) in [6, 6.07) is 0. The van der Waals surface area contributed by atoms with Gasteiger partial charge in [0.1, 0.15) is 12.2 Å². The molecule has 3 atom stereocenters. The molecular weight excluding hydrogens is 146 g/mol. The summed E-state index contributed by atoms with van der Waals surface area (Å²) in [4.78, 5) is 0. The van der Waals surface area contributed by atoms with Crippen molar-refractivity contribution < 1.29 is 14.9 Å². The van der Waals surface area contributed by atoms with Crippen LogP contribution in [0, 0.1) is 0 Å². The van der Waals surface area contributed by atoms with E-state index in [0.29, 0.717) is 5.76 Å². The minimum Gasteiger partial charge on any atom is -0.491 e. The lowest BCUT2D eigenvalue weighted by atomic mass is 10.0. The van der Waals surface area contributed by atoms with E-state index in [2.05, 4.69) is 6.58 Å². The molecule has 0 amide bonds. The van der Waals surface area contributed by atoms with Gasteiger partial charge in [-0.3, -0.25) is 0 Å². The third kappa shape index (κ3) is 1.71. The Bertz CT molecular complexity index is 160. The van der Waals surface area contributed by atoms with Crippen molar-refractivity contribution in [3.63, 3.8) is 0 Å². The van der Waals surface area contributed by atoms with Crippen molar-refractivity contribution in [2.24, 2.45) is 5.73 Å². The normalized spacial score (nSPS) is 38.5. The summed E-state index contributed by atoms with van der Waals surface area (Å²) < 4.78 is 5.09. The fourth-order valence-electron chi connectivity index (χ4n) is 1.12. The van der Waals surface area contributed by atoms with E-state index in [4.69, 9.17) is 10.5 Å². The first-order valence-electron chi connectivity index (χ1n) is 3.55. The zero-order valence-corrected chi connectivity index (χ0v) is 6.23. The fraction of sp³-hybridized carbons (Fsp3) is 0.714. The summed E-state index contributed by atoms with van der Waals surface area (Å²) >= 11 is 0. The van der Waals surface area contributed by atoms with Gasteiger partial charge < -0.3 is 20.7 Å². The van der Waals surface area contributed by atoms with Crippen LogP contribution in [0.25, 0.3) is 0 Å². The van der Waals surface area contributed by atoms with E-state index < -0.39 is 18.3 Å². The van der Waals surface area contributed by atoms with Gasteiger partial charge in [0.05, 0.1) is 11.9 Å². The van der Waals surface area contributed by atoms with Crippen LogP contribution in [0.15, 0.2) is 12.3 Å². The molecule has 4 nitrogen and oxygen atoms in total. The van der Waals surface area contributed by atoms with Gasteiger partial charge >= 0.3 is 0 Å². The second-order valence-corrected chi connectivity index (χ2v) is 2.69. The van der Waals surface area contributed by atoms with Gasteiger partial charge in [-0.25, -0.2) is 0 Å². The van der Waals surface area contributed by atoms with Crippen molar-refractivity contribution in [2.75, 3.05) is 6.54 Å². The molecule has 0 saturated carbocycles. The number of hydrogen-bond acceptors (Lipinski definition) is 4. The summed E-state index contributed by atoms with van der Waals surface area (Å²) in [6.07, 6.45) is -1.89. The highest BCUT2D eigenvalue weighted by Crippen LogP contribution is 2.20. The molecule has 0 aliphatic carbocycles. The summed E-state index contributed by atoms with van der Waals surface area (Å²) in [6.45, 7) is 3.74. The topological polar surface area (TPSA) is 75.7 Å². The number of ether oxygens (including phenoxy) is 1. The quantitative estimate of drug-likeness (QED) is 0.457. The average molecular weight is 159 g/mol. The summed E-state index contributed by atoms with van der Waals surface area (Å²) in [5, 5.41) is 18.5. The van der Waals surface area contributed by atoms with E-state index in [0.717, 1.165) is 0 Å². The highest BCUT2D eigenvalue weighted by molar-refractivity contribution is 4.97. The number of nitrogens with two attached hydrogens (primary N) is 1. The Morgan fingerprint density at radius 3 is 2.82 bits per heavy atom. The maximum atomic E-state index is 9.26. The van der Waals surface area contributed by atoms with Gasteiger partial charge in [0.25, 0.3) is 0 Å². The largest absolute Gasteiger partial charge is 0.491 e. The Kier molecular flexibility index (Phi) is 2.49. The summed E-state index contributed by atoms with van der Waals surface area (Å²) in [5.41, 5.74) is 5.28. The number of rotatable bonds is 1. The van der Waals surface area contributed by atoms with Gasteiger partial charge in [-0.2, -0.15) is 0 Å². The second kappa shape index (κ2) is 3.21. The second-order valence-electron chi connectivity index (χ2n) is 2.69. The first-order chi connectivity index (χ1) is 5.15. The Hall–Kier alpha value is -0.580. The predicted molar refractivity (Wildman–Crippen MR) is 39.7 cm³/mol. The molecule has 0 bridgehead atoms. The first kappa shape index (κ1) is 8.52. The van der Waals surface area contributed by atoms with Gasteiger partial charge in [-0.1, -0.05) is 6.58 Å². The van der Waals surface area contributed by atoms with Gasteiger partial charge in [0.2, 0.25) is 0 Å². The van der Waals surface area contributed by atoms with Crippen LogP contribution in [-0.4, -0.2) is 35.1 Å². The standard InChI is InChI=1S/C7H13NO3/c1-4-2-5(9)7(10)6(3-8)11-4/h5-7,9-10H,1-3,8H2/t5-,6+,7+/m1/s1. The Morgan fingerprint density at radius 2 is 2.27 bits per heavy atom. The lowest BCUT2D eigenvalue weighted by molar-refractivity contribution is -0.101. The van der Waals surface area contributed by atoms with E-state index in [9.17, 15) is 10.2 Å². The van der Waals surface area contributed by atoms with Crippen LogP contribution in [0.5, 0.6) is 0 Å². The molecule has 0 unspecified atom stereocenters. The van der Waals surface area contributed by atoms with Crippen molar-refractivity contribution in [1.82, 2.24) is 0 Å². The summed E-state index contributed by atoms with van der Waals surface area (Å²) in [5.74, 6) is 0.484. The third-order valence-electron chi connectivity index (χ3n) is 1.76. The molecule has 1 saturated heterocycles. The molecule has 1 rings (SSSR count). The fourth-order valence-corrected chi connectivity index (χ4v) is 1.12. The maximum Gasteiger partial charge on any atom is 0.139 e. The molecule has 0 aromatic rings. The predicted octanol–water partition coefficient (Wildman–Crippen LogP) is -1.03. The third-order valence-corrected chi connectivity index (χ3v) is 1.76. The molecule has 4 heteroatoms. The number of aliphatic hydroxyl groups excluding tert-OH is 2. The van der Waals surface area contributed by atoms with E-state index in [1.165, 1.54) is 0 Å². The smallest absolute Gasteiger partial charge is 0.139 e. The first-order valence-corrected chi connectivity index (χ1v) is 3.55. The van der Waals surface area contributed by atoms with E-state index in [1.54, 1.807) is 0 Å². The minimum atomic E-state index is -0.884. The minimum absolute atomic E-state index is 0.192. The monoisotopic (exact) mass is 159 g/mol. The van der Waals surface area contributed by atoms with Crippen LogP contribution in [0.1, 0.15) is 6.42 Å². The van der Waals surface area contributed by atoms with Crippen molar-refractivity contribution in [2.45, 2.75) is 24.7 Å². The molecule has 0 radical (unpaired) electrons. The highest BCUT2D eigenvalue weighted by atomic mass is 16.5. The van der Waals surface area contributed by atoms with Crippen LogP contribution >= 0.6 is 0 Å². The molecular formula is C7H13NO3. The molecule has 11 heavy (non-hydrogen) atoms. The van der Waals surface area contributed by atoms with E-state index >= 15 is 0 Å². The average Bonchev–Trinajstić information content (AvgIpc) is 1.96. The lowest BCUT2D eigenvalue weighted by Gasteiger charge is -2.32. The molecule has 64 valence electrons. The SMILES string of the molecule is C=C1C[C@@H](O)[C@H](O)[C@H](CN)O1. The molecule has 1 fully saturated rings. The molecule has 4 N–H and O–H groups in total. The zero-order valence-electron chi connectivity index (χ0n) is 6.23. The van der Waals surface area contributed by atoms with Gasteiger partial charge in [-0.15, -0.1) is 0 Å². The molecule has 0 spiro atoms. The van der Waals surface area contributed by atoms with Crippen LogP contribution in [0.3, 0.4) is 0 Å². The number of hydrogen-bond donors (Lipinski definition) is 3. The van der Waals surface area contributed by atoms with E-state index in [1.807, 2.05) is 0 Å². The molecule has 1 heterocycles. The Labute approximate surface area is 65.3 Å². The van der Waals surface area contributed by atoms with Crippen LogP contribution < -0.4 is 5.73 Å². The molecule has 1 aliphatic heterocycles. The van der Waals surface area contributed by atoms with Gasteiger partial charge in [0.15, 0.2) is 0 Å². The maximum absolute atomic E-state index is 9.26. The zero-order chi connectivity index (χ0) is 8.43. The molecule has 0 aromatic heterocycles. The lowest BCUT2D eigenvalue weighted by Crippen LogP contribution is -2.47. The van der Waals surface area contributed by atoms with Crippen molar-refractivity contribution in [3.05, 3.63) is 12.3 Å². The van der Waals surface area contributed by atoms with Crippen LogP contribution in [0.4, 0.5) is 0 Å². The highest BCUT2D eigenvalue weighted by Gasteiger charge is 2.32. The van der Waals surface area contributed by atoms with Crippen LogP contribution in [-0.2, 0) is 4.74 Å². The molecule has 0 aromatic carbocycles. The van der Waals surface area contributed by atoms with Crippen molar-refractivity contribution >= 4 is 0 Å². The van der Waals surface area contributed by atoms with Crippen molar-refractivity contribution in [3.8, 4) is 0 Å². The summed E-state index contributed by atoms with van der Waals surface area (Å²) in [7, 11) is 0. The van der Waals surface area contributed by atoms with Crippen molar-refractivity contribution in [1.29, 1.82) is 0 Å². The Morgan fingerprint density at radius 1 is 1.64 bits per heavy atom. The molecule has 1 aliphatic rings. The van der Waals surface area contributed by atoms with E-state index in [-0.39, 0.29) is 13.0 Å². The van der Waals surface area contributed by atoms with Crippen LogP contribution in [0.2, 0.25) is 0 Å². The van der Waals surface area contributed by atoms with Gasteiger partial charge in [-0.05, 0) is 0 Å². The van der Waals surface area contributed by atoms with Gasteiger partial charge in [0, 0.05) is 13.0 Å². The number of aliphatic hydroxyl groups is 2. The Balaban J connectivity index is 2.58.